The summed E-state index contributed by atoms with van der Waals surface area (Å²) in [6.07, 6.45) is -0.0277. The van der Waals surface area contributed by atoms with E-state index in [1.807, 2.05) is 20.8 Å². The first-order valence-corrected chi connectivity index (χ1v) is 7.93. The van der Waals surface area contributed by atoms with Crippen molar-refractivity contribution in [2.24, 2.45) is 0 Å². The Hall–Kier alpha value is -2.02. The van der Waals surface area contributed by atoms with E-state index < -0.39 is 23.2 Å². The van der Waals surface area contributed by atoms with Gasteiger partial charge in [-0.1, -0.05) is 12.1 Å². The van der Waals surface area contributed by atoms with E-state index in [0.29, 0.717) is 13.1 Å². The molecule has 7 heteroatoms. The van der Waals surface area contributed by atoms with Gasteiger partial charge in [0.25, 0.3) is 0 Å². The lowest BCUT2D eigenvalue weighted by Gasteiger charge is -2.35. The summed E-state index contributed by atoms with van der Waals surface area (Å²) in [5, 5.41) is 5.53. The van der Waals surface area contributed by atoms with E-state index in [0.717, 1.165) is 6.07 Å². The minimum absolute atomic E-state index is 0.0277. The molecule has 0 saturated carbocycles. The van der Waals surface area contributed by atoms with Gasteiger partial charge >= 0.3 is 0 Å². The van der Waals surface area contributed by atoms with Crippen molar-refractivity contribution in [1.29, 1.82) is 0 Å². The zero-order chi connectivity index (χ0) is 17.9. The molecular weight excluding hydrogens is 316 g/mol. The number of carbonyl (C=O) groups is 2. The molecule has 1 aliphatic heterocycles. The van der Waals surface area contributed by atoms with E-state index in [4.69, 9.17) is 0 Å². The minimum Gasteiger partial charge on any atom is -0.353 e. The van der Waals surface area contributed by atoms with Crippen LogP contribution in [-0.2, 0) is 16.1 Å². The predicted molar refractivity (Wildman–Crippen MR) is 86.1 cm³/mol. The predicted octanol–water partition coefficient (Wildman–Crippen LogP) is 1.57. The number of halogens is 2. The van der Waals surface area contributed by atoms with Gasteiger partial charge in [0, 0.05) is 30.7 Å². The molecule has 0 aliphatic carbocycles. The van der Waals surface area contributed by atoms with Crippen LogP contribution in [0.25, 0.3) is 0 Å². The molecule has 2 rings (SSSR count). The number of piperazine rings is 1. The van der Waals surface area contributed by atoms with Gasteiger partial charge in [0.1, 0.15) is 0 Å². The fraction of sp³-hybridized carbons (Fsp3) is 0.529. The van der Waals surface area contributed by atoms with E-state index >= 15 is 0 Å². The van der Waals surface area contributed by atoms with Gasteiger partial charge in [0.15, 0.2) is 11.6 Å². The molecule has 0 unspecified atom stereocenters. The van der Waals surface area contributed by atoms with Crippen molar-refractivity contribution in [3.63, 3.8) is 0 Å². The van der Waals surface area contributed by atoms with Crippen molar-refractivity contribution in [1.82, 2.24) is 15.5 Å². The molecule has 1 heterocycles. The number of hydrogen-bond acceptors (Lipinski definition) is 3. The van der Waals surface area contributed by atoms with Crippen molar-refractivity contribution in [3.05, 3.63) is 35.4 Å². The van der Waals surface area contributed by atoms with Crippen LogP contribution in [-0.4, -0.2) is 41.4 Å². The maximum absolute atomic E-state index is 13.9. The number of rotatable bonds is 4. The number of nitrogens with zero attached hydrogens (tertiary/aromatic N) is 1. The Balaban J connectivity index is 2.12. The highest BCUT2D eigenvalue weighted by atomic mass is 19.2. The molecule has 0 radical (unpaired) electrons. The van der Waals surface area contributed by atoms with Crippen molar-refractivity contribution >= 4 is 11.8 Å². The van der Waals surface area contributed by atoms with E-state index in [-0.39, 0.29) is 30.3 Å². The Morgan fingerprint density at radius 2 is 2.08 bits per heavy atom. The normalized spacial score (nSPS) is 19.0. The van der Waals surface area contributed by atoms with Crippen molar-refractivity contribution in [2.75, 3.05) is 13.1 Å². The second-order valence-electron chi connectivity index (χ2n) is 6.99. The van der Waals surface area contributed by atoms with Crippen LogP contribution in [0.3, 0.4) is 0 Å². The van der Waals surface area contributed by atoms with Gasteiger partial charge in [0.05, 0.1) is 12.5 Å². The molecule has 1 atom stereocenters. The summed E-state index contributed by atoms with van der Waals surface area (Å²) in [6, 6.07) is 3.26. The largest absolute Gasteiger partial charge is 0.353 e. The molecule has 0 spiro atoms. The quantitative estimate of drug-likeness (QED) is 0.875. The maximum atomic E-state index is 13.9. The van der Waals surface area contributed by atoms with Gasteiger partial charge in [-0.3, -0.25) is 14.5 Å². The van der Waals surface area contributed by atoms with Crippen LogP contribution >= 0.6 is 0 Å². The van der Waals surface area contributed by atoms with E-state index in [2.05, 4.69) is 10.6 Å². The lowest BCUT2D eigenvalue weighted by molar-refractivity contribution is -0.134. The van der Waals surface area contributed by atoms with Crippen LogP contribution in [0.2, 0.25) is 0 Å². The SMILES string of the molecule is CC(C)(C)NC(=O)C[C@@H]1C(=O)NCCN1Cc1cccc(F)c1F. The molecule has 2 amide bonds. The average Bonchev–Trinajstić information content (AvgIpc) is 2.45. The summed E-state index contributed by atoms with van der Waals surface area (Å²) in [6.45, 7) is 6.51. The minimum atomic E-state index is -0.920. The van der Waals surface area contributed by atoms with E-state index in [9.17, 15) is 18.4 Å². The number of hydrogen-bond donors (Lipinski definition) is 2. The van der Waals surface area contributed by atoms with Gasteiger partial charge in [0.2, 0.25) is 11.8 Å². The van der Waals surface area contributed by atoms with Crippen LogP contribution in [0, 0.1) is 11.6 Å². The van der Waals surface area contributed by atoms with Crippen LogP contribution in [0.1, 0.15) is 32.8 Å². The van der Waals surface area contributed by atoms with Crippen LogP contribution in [0.15, 0.2) is 18.2 Å². The highest BCUT2D eigenvalue weighted by Gasteiger charge is 2.32. The first kappa shape index (κ1) is 18.3. The summed E-state index contributed by atoms with van der Waals surface area (Å²) >= 11 is 0. The third-order valence-electron chi connectivity index (χ3n) is 3.74. The molecule has 1 aliphatic rings. The van der Waals surface area contributed by atoms with Crippen LogP contribution < -0.4 is 10.6 Å². The smallest absolute Gasteiger partial charge is 0.237 e. The lowest BCUT2D eigenvalue weighted by Crippen LogP contribution is -2.56. The maximum Gasteiger partial charge on any atom is 0.237 e. The number of carbonyl (C=O) groups excluding carboxylic acids is 2. The summed E-state index contributed by atoms with van der Waals surface area (Å²) in [5.74, 6) is -2.37. The molecule has 1 saturated heterocycles. The van der Waals surface area contributed by atoms with Crippen LogP contribution in [0.5, 0.6) is 0 Å². The third-order valence-corrected chi connectivity index (χ3v) is 3.74. The molecule has 1 aromatic carbocycles. The zero-order valence-corrected chi connectivity index (χ0v) is 14.2. The van der Waals surface area contributed by atoms with Crippen molar-refractivity contribution in [2.45, 2.75) is 45.3 Å². The van der Waals surface area contributed by atoms with Gasteiger partial charge in [-0.15, -0.1) is 0 Å². The fourth-order valence-corrected chi connectivity index (χ4v) is 2.71. The Morgan fingerprint density at radius 3 is 2.75 bits per heavy atom. The Labute approximate surface area is 140 Å². The number of nitrogens with one attached hydrogen (secondary N) is 2. The van der Waals surface area contributed by atoms with Crippen LogP contribution in [0.4, 0.5) is 8.78 Å². The second kappa shape index (κ2) is 7.25. The standard InChI is InChI=1S/C17H23F2N3O2/c1-17(2,3)21-14(23)9-13-16(24)20-7-8-22(13)10-11-5-4-6-12(18)15(11)19/h4-6,13H,7-10H2,1-3H3,(H,20,24)(H,21,23)/t13-/m1/s1. The molecule has 1 fully saturated rings. The molecular formula is C17H23F2N3O2. The first-order valence-electron chi connectivity index (χ1n) is 7.93. The molecule has 5 nitrogen and oxygen atoms in total. The number of amides is 2. The monoisotopic (exact) mass is 339 g/mol. The topological polar surface area (TPSA) is 61.4 Å². The van der Waals surface area contributed by atoms with Gasteiger partial charge in [-0.25, -0.2) is 8.78 Å². The van der Waals surface area contributed by atoms with E-state index in [1.165, 1.54) is 12.1 Å². The summed E-state index contributed by atoms with van der Waals surface area (Å²) in [5.41, 5.74) is -0.229. The van der Waals surface area contributed by atoms with Crippen molar-refractivity contribution < 1.29 is 18.4 Å². The molecule has 24 heavy (non-hydrogen) atoms. The molecule has 0 aromatic heterocycles. The Bertz CT molecular complexity index is 629. The molecule has 132 valence electrons. The van der Waals surface area contributed by atoms with Gasteiger partial charge < -0.3 is 10.6 Å². The highest BCUT2D eigenvalue weighted by molar-refractivity contribution is 5.89. The molecule has 1 aromatic rings. The molecule has 0 bridgehead atoms. The summed E-state index contributed by atoms with van der Waals surface area (Å²) in [7, 11) is 0. The van der Waals surface area contributed by atoms with Gasteiger partial charge in [-0.05, 0) is 26.8 Å². The zero-order valence-electron chi connectivity index (χ0n) is 14.2. The molecule has 2 N–H and O–H groups in total. The average molecular weight is 339 g/mol. The number of benzene rings is 1. The summed E-state index contributed by atoms with van der Waals surface area (Å²) in [4.78, 5) is 26.0. The Morgan fingerprint density at radius 1 is 1.38 bits per heavy atom. The Kier molecular flexibility index (Phi) is 5.54. The van der Waals surface area contributed by atoms with Crippen molar-refractivity contribution in [3.8, 4) is 0 Å². The third kappa shape index (κ3) is 4.74. The second-order valence-corrected chi connectivity index (χ2v) is 6.99. The summed E-state index contributed by atoms with van der Waals surface area (Å²) < 4.78 is 27.3. The first-order chi connectivity index (χ1) is 11.2. The highest BCUT2D eigenvalue weighted by Crippen LogP contribution is 2.18. The lowest BCUT2D eigenvalue weighted by atomic mass is 10.0. The van der Waals surface area contributed by atoms with Gasteiger partial charge in [-0.2, -0.15) is 0 Å². The van der Waals surface area contributed by atoms with E-state index in [1.54, 1.807) is 4.90 Å². The fourth-order valence-electron chi connectivity index (χ4n) is 2.71.